The quantitative estimate of drug-likeness (QED) is 0.552. The maximum atomic E-state index is 10.7. The van der Waals surface area contributed by atoms with Gasteiger partial charge in [0.05, 0.1) is 6.42 Å². The molecule has 0 radical (unpaired) electrons. The summed E-state index contributed by atoms with van der Waals surface area (Å²) >= 11 is 0. The lowest BCUT2D eigenvalue weighted by molar-refractivity contribution is -0.136. The third-order valence-corrected chi connectivity index (χ3v) is 4.64. The molecule has 0 saturated carbocycles. The molecule has 1 aliphatic rings. The van der Waals surface area contributed by atoms with Gasteiger partial charge in [-0.15, -0.1) is 0 Å². The minimum absolute atomic E-state index is 0.0349. The van der Waals surface area contributed by atoms with Crippen LogP contribution in [0.15, 0.2) is 48.5 Å². The largest absolute Gasteiger partial charge is 0.490 e. The van der Waals surface area contributed by atoms with Crippen molar-refractivity contribution < 1.29 is 19.4 Å². The molecule has 1 fully saturated rings. The highest BCUT2D eigenvalue weighted by Gasteiger charge is 2.20. The molecule has 1 heterocycles. The van der Waals surface area contributed by atoms with Gasteiger partial charge in [0.15, 0.2) is 6.40 Å². The van der Waals surface area contributed by atoms with Crippen molar-refractivity contribution in [3.8, 4) is 11.5 Å². The lowest BCUT2D eigenvalue weighted by Crippen LogP contribution is -2.37. The van der Waals surface area contributed by atoms with E-state index in [4.69, 9.17) is 20.0 Å². The number of carboxylic acid groups (broad SMARTS) is 1. The molecule has 2 aromatic carbocycles. The molecule has 0 atom stereocenters. The number of benzene rings is 2. The molecule has 6 nitrogen and oxygen atoms in total. The molecule has 0 aliphatic carbocycles. The molecule has 27 heavy (non-hydrogen) atoms. The molecule has 0 spiro atoms. The Bertz CT molecular complexity index is 751. The van der Waals surface area contributed by atoms with Crippen LogP contribution >= 0.6 is 0 Å². The zero-order valence-corrected chi connectivity index (χ0v) is 15.1. The van der Waals surface area contributed by atoms with Crippen LogP contribution in [0.25, 0.3) is 0 Å². The van der Waals surface area contributed by atoms with Crippen LogP contribution in [0.5, 0.6) is 11.5 Å². The van der Waals surface area contributed by atoms with E-state index in [-0.39, 0.29) is 12.5 Å². The van der Waals surface area contributed by atoms with Gasteiger partial charge in [0.1, 0.15) is 17.6 Å². The van der Waals surface area contributed by atoms with Gasteiger partial charge in [-0.1, -0.05) is 24.3 Å². The molecule has 1 saturated heterocycles. The van der Waals surface area contributed by atoms with E-state index in [2.05, 4.69) is 4.90 Å². The minimum Gasteiger partial charge on any atom is -0.490 e. The van der Waals surface area contributed by atoms with Gasteiger partial charge in [-0.05, 0) is 48.2 Å². The van der Waals surface area contributed by atoms with Crippen LogP contribution in [-0.2, 0) is 17.8 Å². The molecule has 0 unspecified atom stereocenters. The first-order valence-corrected chi connectivity index (χ1v) is 9.06. The van der Waals surface area contributed by atoms with Gasteiger partial charge in [0.2, 0.25) is 0 Å². The topological polar surface area (TPSA) is 82.8 Å². The maximum Gasteiger partial charge on any atom is 0.307 e. The van der Waals surface area contributed by atoms with Crippen molar-refractivity contribution in [3.63, 3.8) is 0 Å². The number of rotatable bonds is 8. The van der Waals surface area contributed by atoms with Crippen molar-refractivity contribution in [2.75, 3.05) is 13.1 Å². The van der Waals surface area contributed by atoms with E-state index in [0.717, 1.165) is 50.2 Å². The lowest BCUT2D eigenvalue weighted by Gasteiger charge is -2.32. The van der Waals surface area contributed by atoms with E-state index in [9.17, 15) is 4.79 Å². The number of ether oxygens (including phenoxy) is 2. The van der Waals surface area contributed by atoms with Crippen LogP contribution in [0.1, 0.15) is 24.0 Å². The number of hydrogen-bond donors (Lipinski definition) is 2. The smallest absolute Gasteiger partial charge is 0.307 e. The van der Waals surface area contributed by atoms with Crippen LogP contribution < -0.4 is 9.47 Å². The summed E-state index contributed by atoms with van der Waals surface area (Å²) in [5, 5.41) is 15.8. The van der Waals surface area contributed by atoms with Crippen LogP contribution in [0.4, 0.5) is 0 Å². The number of hydrogen-bond acceptors (Lipinski definition) is 5. The monoisotopic (exact) mass is 368 g/mol. The number of likely N-dealkylation sites (tertiary alicyclic amines) is 1. The minimum atomic E-state index is -0.826. The molecule has 0 amide bonds. The average Bonchev–Trinajstić information content (AvgIpc) is 2.66. The number of carbonyl (C=O) groups is 1. The van der Waals surface area contributed by atoms with E-state index in [1.807, 2.05) is 48.5 Å². The Morgan fingerprint density at radius 2 is 1.63 bits per heavy atom. The summed E-state index contributed by atoms with van der Waals surface area (Å²) in [4.78, 5) is 13.1. The van der Waals surface area contributed by atoms with Gasteiger partial charge >= 0.3 is 5.97 Å². The SMILES string of the molecule is N=COc1ccc(CN2CCC(Oc3ccc(CC(=O)O)cc3)CC2)cc1. The molecule has 3 rings (SSSR count). The van der Waals surface area contributed by atoms with E-state index in [1.165, 1.54) is 5.56 Å². The fourth-order valence-corrected chi connectivity index (χ4v) is 3.24. The Hall–Kier alpha value is -2.86. The van der Waals surface area contributed by atoms with Crippen molar-refractivity contribution in [2.45, 2.75) is 31.9 Å². The van der Waals surface area contributed by atoms with Crippen LogP contribution in [0.2, 0.25) is 0 Å². The molecular weight excluding hydrogens is 344 g/mol. The average molecular weight is 368 g/mol. The van der Waals surface area contributed by atoms with E-state index >= 15 is 0 Å². The summed E-state index contributed by atoms with van der Waals surface area (Å²) in [5.41, 5.74) is 2.00. The molecule has 6 heteroatoms. The standard InChI is InChI=1S/C21H24N2O4/c22-15-26-18-5-3-17(4-6-18)14-23-11-9-20(10-12-23)27-19-7-1-16(2-8-19)13-21(24)25/h1-8,15,20,22H,9-14H2,(H,24,25). The number of piperidine rings is 1. The highest BCUT2D eigenvalue weighted by Crippen LogP contribution is 2.21. The Kier molecular flexibility index (Phi) is 6.44. The van der Waals surface area contributed by atoms with Crippen LogP contribution in [0.3, 0.4) is 0 Å². The predicted molar refractivity (Wildman–Crippen MR) is 103 cm³/mol. The Balaban J connectivity index is 1.44. The zero-order valence-electron chi connectivity index (χ0n) is 15.1. The number of carboxylic acids is 1. The van der Waals surface area contributed by atoms with Crippen molar-refractivity contribution in [1.29, 1.82) is 5.41 Å². The molecule has 1 aliphatic heterocycles. The molecular formula is C21H24N2O4. The van der Waals surface area contributed by atoms with Crippen LogP contribution in [-0.4, -0.2) is 41.6 Å². The lowest BCUT2D eigenvalue weighted by atomic mass is 10.1. The summed E-state index contributed by atoms with van der Waals surface area (Å²) in [5.74, 6) is 0.646. The third kappa shape index (κ3) is 5.82. The first-order valence-electron chi connectivity index (χ1n) is 9.06. The van der Waals surface area contributed by atoms with Gasteiger partial charge < -0.3 is 14.6 Å². The highest BCUT2D eigenvalue weighted by molar-refractivity contribution is 5.70. The Morgan fingerprint density at radius 3 is 2.22 bits per heavy atom. The van der Waals surface area contributed by atoms with E-state index in [1.54, 1.807) is 0 Å². The van der Waals surface area contributed by atoms with Gasteiger partial charge in [0.25, 0.3) is 0 Å². The van der Waals surface area contributed by atoms with Crippen molar-refractivity contribution >= 4 is 12.4 Å². The van der Waals surface area contributed by atoms with Crippen molar-refractivity contribution in [3.05, 3.63) is 59.7 Å². The summed E-state index contributed by atoms with van der Waals surface area (Å²) < 4.78 is 11.1. The second-order valence-electron chi connectivity index (χ2n) is 6.69. The van der Waals surface area contributed by atoms with Crippen LogP contribution in [0, 0.1) is 5.41 Å². The normalized spacial score (nSPS) is 15.3. The van der Waals surface area contributed by atoms with Gasteiger partial charge in [-0.3, -0.25) is 15.1 Å². The first kappa shape index (κ1) is 18.9. The second kappa shape index (κ2) is 9.19. The summed E-state index contributed by atoms with van der Waals surface area (Å²) in [6.07, 6.45) is 3.08. The number of nitrogens with zero attached hydrogens (tertiary/aromatic N) is 1. The summed E-state index contributed by atoms with van der Waals surface area (Å²) in [6.45, 7) is 2.84. The van der Waals surface area contributed by atoms with Gasteiger partial charge in [-0.25, -0.2) is 0 Å². The summed E-state index contributed by atoms with van der Waals surface area (Å²) in [7, 11) is 0. The second-order valence-corrected chi connectivity index (χ2v) is 6.69. The molecule has 0 aromatic heterocycles. The predicted octanol–water partition coefficient (Wildman–Crippen LogP) is 3.34. The Morgan fingerprint density at radius 1 is 1.04 bits per heavy atom. The zero-order chi connectivity index (χ0) is 19.1. The fourth-order valence-electron chi connectivity index (χ4n) is 3.24. The summed E-state index contributed by atoms with van der Waals surface area (Å²) in [6, 6.07) is 15.1. The Labute approximate surface area is 158 Å². The number of nitrogens with one attached hydrogen (secondary N) is 1. The highest BCUT2D eigenvalue weighted by atomic mass is 16.5. The molecule has 2 N–H and O–H groups in total. The van der Waals surface area contributed by atoms with Crippen molar-refractivity contribution in [1.82, 2.24) is 4.90 Å². The third-order valence-electron chi connectivity index (χ3n) is 4.64. The molecule has 142 valence electrons. The van der Waals surface area contributed by atoms with Crippen molar-refractivity contribution in [2.24, 2.45) is 0 Å². The molecule has 0 bridgehead atoms. The van der Waals surface area contributed by atoms with Gasteiger partial charge in [-0.2, -0.15) is 0 Å². The first-order chi connectivity index (χ1) is 13.1. The number of aliphatic carboxylic acids is 1. The van der Waals surface area contributed by atoms with E-state index < -0.39 is 5.97 Å². The fraction of sp³-hybridized carbons (Fsp3) is 0.333. The molecule has 2 aromatic rings. The van der Waals surface area contributed by atoms with E-state index in [0.29, 0.717) is 5.75 Å². The maximum absolute atomic E-state index is 10.7. The van der Waals surface area contributed by atoms with Gasteiger partial charge in [0, 0.05) is 19.6 Å².